The molecular weight excluding hydrogens is 250 g/mol. The van der Waals surface area contributed by atoms with Crippen LogP contribution in [0.5, 0.6) is 5.75 Å². The largest absolute Gasteiger partial charge is 0.492 e. The fourth-order valence-electron chi connectivity index (χ4n) is 2.18. The minimum absolute atomic E-state index is 0.453. The van der Waals surface area contributed by atoms with Crippen molar-refractivity contribution in [1.82, 2.24) is 10.2 Å². The SMILES string of the molecule is CCOc1ccc(CC(C)NCCCN(C)C)cc1N. The molecule has 0 saturated carbocycles. The lowest BCUT2D eigenvalue weighted by Crippen LogP contribution is -2.30. The molecular formula is C16H29N3O. The van der Waals surface area contributed by atoms with E-state index in [1.165, 1.54) is 12.0 Å². The highest BCUT2D eigenvalue weighted by Crippen LogP contribution is 2.23. The molecule has 1 atom stereocenters. The number of nitrogens with two attached hydrogens (primary N) is 1. The Morgan fingerprint density at radius 2 is 2.10 bits per heavy atom. The lowest BCUT2D eigenvalue weighted by molar-refractivity contribution is 0.342. The van der Waals surface area contributed by atoms with Gasteiger partial charge in [-0.25, -0.2) is 0 Å². The predicted molar refractivity (Wildman–Crippen MR) is 86.4 cm³/mol. The van der Waals surface area contributed by atoms with E-state index >= 15 is 0 Å². The summed E-state index contributed by atoms with van der Waals surface area (Å²) in [4.78, 5) is 2.21. The Bertz CT molecular complexity index is 393. The number of hydrogen-bond donors (Lipinski definition) is 2. The van der Waals surface area contributed by atoms with Crippen molar-refractivity contribution in [3.8, 4) is 5.75 Å². The Morgan fingerprint density at radius 3 is 2.70 bits per heavy atom. The van der Waals surface area contributed by atoms with E-state index in [0.717, 1.165) is 30.9 Å². The minimum atomic E-state index is 0.453. The topological polar surface area (TPSA) is 50.5 Å². The van der Waals surface area contributed by atoms with Gasteiger partial charge in [0.15, 0.2) is 0 Å². The Balaban J connectivity index is 2.38. The van der Waals surface area contributed by atoms with Crippen LogP contribution in [0.4, 0.5) is 5.69 Å². The Labute approximate surface area is 123 Å². The van der Waals surface area contributed by atoms with Crippen LogP contribution in [0.15, 0.2) is 18.2 Å². The number of anilines is 1. The fourth-order valence-corrected chi connectivity index (χ4v) is 2.18. The van der Waals surface area contributed by atoms with Gasteiger partial charge in [-0.2, -0.15) is 0 Å². The van der Waals surface area contributed by atoms with Crippen molar-refractivity contribution in [2.24, 2.45) is 0 Å². The van der Waals surface area contributed by atoms with Crippen molar-refractivity contribution >= 4 is 5.69 Å². The van der Waals surface area contributed by atoms with E-state index in [4.69, 9.17) is 10.5 Å². The van der Waals surface area contributed by atoms with Crippen LogP contribution in [0.1, 0.15) is 25.8 Å². The number of rotatable bonds is 9. The third-order valence-corrected chi connectivity index (χ3v) is 3.19. The number of benzene rings is 1. The molecule has 0 aliphatic carbocycles. The highest BCUT2D eigenvalue weighted by molar-refractivity contribution is 5.54. The minimum Gasteiger partial charge on any atom is -0.492 e. The second-order valence-electron chi connectivity index (χ2n) is 5.52. The molecule has 4 heteroatoms. The summed E-state index contributed by atoms with van der Waals surface area (Å²) in [6.45, 7) is 6.99. The zero-order valence-electron chi connectivity index (χ0n) is 13.3. The van der Waals surface area contributed by atoms with Gasteiger partial charge in [0.1, 0.15) is 5.75 Å². The van der Waals surface area contributed by atoms with Gasteiger partial charge in [-0.05, 0) is 71.6 Å². The summed E-state index contributed by atoms with van der Waals surface area (Å²) < 4.78 is 5.45. The molecule has 20 heavy (non-hydrogen) atoms. The summed E-state index contributed by atoms with van der Waals surface area (Å²) >= 11 is 0. The molecule has 0 amide bonds. The number of nitrogen functional groups attached to an aromatic ring is 1. The van der Waals surface area contributed by atoms with Gasteiger partial charge in [0.2, 0.25) is 0 Å². The third kappa shape index (κ3) is 6.26. The Morgan fingerprint density at radius 1 is 1.35 bits per heavy atom. The van der Waals surface area contributed by atoms with Crippen molar-refractivity contribution in [2.45, 2.75) is 32.7 Å². The van der Waals surface area contributed by atoms with Crippen LogP contribution in [0, 0.1) is 0 Å². The molecule has 1 aromatic carbocycles. The second-order valence-corrected chi connectivity index (χ2v) is 5.52. The molecule has 0 spiro atoms. The lowest BCUT2D eigenvalue weighted by Gasteiger charge is -2.16. The average molecular weight is 279 g/mol. The summed E-state index contributed by atoms with van der Waals surface area (Å²) in [5.41, 5.74) is 7.96. The summed E-state index contributed by atoms with van der Waals surface area (Å²) in [5, 5.41) is 3.55. The van der Waals surface area contributed by atoms with E-state index in [0.29, 0.717) is 12.6 Å². The van der Waals surface area contributed by atoms with Crippen LogP contribution < -0.4 is 15.8 Å². The molecule has 1 rings (SSSR count). The maximum absolute atomic E-state index is 5.99. The van der Waals surface area contributed by atoms with Gasteiger partial charge in [0.05, 0.1) is 12.3 Å². The number of ether oxygens (including phenoxy) is 1. The predicted octanol–water partition coefficient (Wildman–Crippen LogP) is 2.14. The zero-order chi connectivity index (χ0) is 15.0. The van der Waals surface area contributed by atoms with Crippen molar-refractivity contribution in [2.75, 3.05) is 39.5 Å². The molecule has 4 nitrogen and oxygen atoms in total. The van der Waals surface area contributed by atoms with Crippen molar-refractivity contribution in [3.05, 3.63) is 23.8 Å². The molecule has 1 aromatic rings. The number of hydrogen-bond acceptors (Lipinski definition) is 4. The summed E-state index contributed by atoms with van der Waals surface area (Å²) in [7, 11) is 4.21. The van der Waals surface area contributed by atoms with Gasteiger partial charge in [-0.3, -0.25) is 0 Å². The molecule has 114 valence electrons. The van der Waals surface area contributed by atoms with E-state index in [1.807, 2.05) is 19.1 Å². The molecule has 0 fully saturated rings. The zero-order valence-corrected chi connectivity index (χ0v) is 13.3. The second kappa shape index (κ2) is 8.82. The molecule has 0 aliphatic rings. The highest BCUT2D eigenvalue weighted by Gasteiger charge is 2.06. The van der Waals surface area contributed by atoms with Crippen molar-refractivity contribution < 1.29 is 4.74 Å². The third-order valence-electron chi connectivity index (χ3n) is 3.19. The van der Waals surface area contributed by atoms with Crippen molar-refractivity contribution in [1.29, 1.82) is 0 Å². The monoisotopic (exact) mass is 279 g/mol. The van der Waals surface area contributed by atoms with Gasteiger partial charge in [0.25, 0.3) is 0 Å². The van der Waals surface area contributed by atoms with Crippen LogP contribution in [0.25, 0.3) is 0 Å². The quantitative estimate of drug-likeness (QED) is 0.537. The Hall–Kier alpha value is -1.26. The molecule has 0 saturated heterocycles. The van der Waals surface area contributed by atoms with Crippen LogP contribution in [-0.2, 0) is 6.42 Å². The smallest absolute Gasteiger partial charge is 0.142 e. The normalized spacial score (nSPS) is 12.7. The average Bonchev–Trinajstić information content (AvgIpc) is 2.38. The molecule has 0 aromatic heterocycles. The van der Waals surface area contributed by atoms with E-state index in [-0.39, 0.29) is 0 Å². The molecule has 0 bridgehead atoms. The van der Waals surface area contributed by atoms with Crippen LogP contribution in [0.3, 0.4) is 0 Å². The molecule has 0 radical (unpaired) electrons. The first-order valence-electron chi connectivity index (χ1n) is 7.42. The first-order valence-corrected chi connectivity index (χ1v) is 7.42. The molecule has 3 N–H and O–H groups in total. The Kier molecular flexibility index (Phi) is 7.41. The van der Waals surface area contributed by atoms with E-state index in [1.54, 1.807) is 0 Å². The molecule has 0 heterocycles. The van der Waals surface area contributed by atoms with Gasteiger partial charge >= 0.3 is 0 Å². The summed E-state index contributed by atoms with van der Waals surface area (Å²) in [6, 6.07) is 6.53. The maximum Gasteiger partial charge on any atom is 0.142 e. The van der Waals surface area contributed by atoms with Gasteiger partial charge in [-0.15, -0.1) is 0 Å². The maximum atomic E-state index is 5.99. The first-order chi connectivity index (χ1) is 9.52. The van der Waals surface area contributed by atoms with E-state index in [9.17, 15) is 0 Å². The molecule has 1 unspecified atom stereocenters. The van der Waals surface area contributed by atoms with Crippen LogP contribution in [0.2, 0.25) is 0 Å². The number of nitrogens with zero attached hydrogens (tertiary/aromatic N) is 1. The van der Waals surface area contributed by atoms with Gasteiger partial charge in [-0.1, -0.05) is 6.07 Å². The number of nitrogens with one attached hydrogen (secondary N) is 1. The van der Waals surface area contributed by atoms with E-state index in [2.05, 4.69) is 37.3 Å². The van der Waals surface area contributed by atoms with E-state index < -0.39 is 0 Å². The summed E-state index contributed by atoms with van der Waals surface area (Å²) in [6.07, 6.45) is 2.15. The first kappa shape index (κ1) is 16.8. The van der Waals surface area contributed by atoms with Crippen LogP contribution in [-0.4, -0.2) is 44.7 Å². The van der Waals surface area contributed by atoms with Crippen LogP contribution >= 0.6 is 0 Å². The lowest BCUT2D eigenvalue weighted by atomic mass is 10.1. The standard InChI is InChI=1S/C16H29N3O/c1-5-20-16-8-7-14(12-15(16)17)11-13(2)18-9-6-10-19(3)4/h7-8,12-13,18H,5-6,9-11,17H2,1-4H3. The van der Waals surface area contributed by atoms with Gasteiger partial charge < -0.3 is 20.7 Å². The van der Waals surface area contributed by atoms with Gasteiger partial charge in [0, 0.05) is 6.04 Å². The fraction of sp³-hybridized carbons (Fsp3) is 0.625. The molecule has 0 aliphatic heterocycles. The summed E-state index contributed by atoms with van der Waals surface area (Å²) in [5.74, 6) is 0.780. The van der Waals surface area contributed by atoms with Crippen molar-refractivity contribution in [3.63, 3.8) is 0 Å². The highest BCUT2D eigenvalue weighted by atomic mass is 16.5.